The smallest absolute Gasteiger partial charge is 0.326 e. The van der Waals surface area contributed by atoms with Crippen LogP contribution in [0.25, 0.3) is 0 Å². The summed E-state index contributed by atoms with van der Waals surface area (Å²) in [6, 6.07) is 2.74. The van der Waals surface area contributed by atoms with Crippen LogP contribution in [0.4, 0.5) is 0 Å². The van der Waals surface area contributed by atoms with Crippen molar-refractivity contribution in [2.45, 2.75) is 45.6 Å². The molecule has 0 fully saturated rings. The van der Waals surface area contributed by atoms with Crippen molar-refractivity contribution >= 4 is 11.9 Å². The highest BCUT2D eigenvalue weighted by Crippen LogP contribution is 2.08. The molecule has 2 N–H and O–H groups in total. The Morgan fingerprint density at radius 2 is 2.16 bits per heavy atom. The third kappa shape index (κ3) is 4.35. The Hall–Kier alpha value is -1.91. The predicted molar refractivity (Wildman–Crippen MR) is 72.0 cm³/mol. The molecule has 0 spiro atoms. The average Bonchev–Trinajstić information content (AvgIpc) is 2.42. The van der Waals surface area contributed by atoms with Crippen LogP contribution in [-0.2, 0) is 11.2 Å². The molecule has 0 aliphatic rings. The molecule has 0 aliphatic carbocycles. The van der Waals surface area contributed by atoms with Crippen molar-refractivity contribution < 1.29 is 14.7 Å². The highest BCUT2D eigenvalue weighted by atomic mass is 16.4. The maximum atomic E-state index is 12.1. The molecule has 104 valence electrons. The zero-order chi connectivity index (χ0) is 14.3. The summed E-state index contributed by atoms with van der Waals surface area (Å²) in [5.41, 5.74) is 1.13. The van der Waals surface area contributed by atoms with Crippen molar-refractivity contribution in [3.05, 3.63) is 29.6 Å². The molecular formula is C14H20N2O3. The van der Waals surface area contributed by atoms with Gasteiger partial charge in [0.05, 0.1) is 0 Å². The second-order valence-electron chi connectivity index (χ2n) is 4.37. The SMILES string of the molecule is CCCCC(NC(=O)c1ncccc1CC)C(=O)O. The van der Waals surface area contributed by atoms with Crippen LogP contribution in [-0.4, -0.2) is 28.0 Å². The van der Waals surface area contributed by atoms with Crippen LogP contribution in [0.2, 0.25) is 0 Å². The summed E-state index contributed by atoms with van der Waals surface area (Å²) in [6.45, 7) is 3.91. The standard InChI is InChI=1S/C14H20N2O3/c1-3-5-8-11(14(18)19)16-13(17)12-10(4-2)7-6-9-15-12/h6-7,9,11H,3-5,8H2,1-2H3,(H,16,17)(H,18,19). The molecule has 5 heteroatoms. The van der Waals surface area contributed by atoms with E-state index in [0.29, 0.717) is 18.5 Å². The fraction of sp³-hybridized carbons (Fsp3) is 0.500. The van der Waals surface area contributed by atoms with Crippen molar-refractivity contribution in [3.63, 3.8) is 0 Å². The second kappa shape index (κ2) is 7.51. The lowest BCUT2D eigenvalue weighted by atomic mass is 10.1. The van der Waals surface area contributed by atoms with Gasteiger partial charge in [-0.15, -0.1) is 0 Å². The zero-order valence-corrected chi connectivity index (χ0v) is 11.3. The topological polar surface area (TPSA) is 79.3 Å². The van der Waals surface area contributed by atoms with Crippen LogP contribution in [0, 0.1) is 0 Å². The number of hydrogen-bond donors (Lipinski definition) is 2. The molecule has 1 rings (SSSR count). The number of rotatable bonds is 7. The van der Waals surface area contributed by atoms with Gasteiger partial charge in [0.25, 0.3) is 5.91 Å². The molecule has 1 aromatic heterocycles. The van der Waals surface area contributed by atoms with Crippen LogP contribution in [0.5, 0.6) is 0 Å². The Balaban J connectivity index is 2.78. The maximum absolute atomic E-state index is 12.1. The third-order valence-electron chi connectivity index (χ3n) is 2.94. The van der Waals surface area contributed by atoms with Gasteiger partial charge in [0.15, 0.2) is 0 Å². The quantitative estimate of drug-likeness (QED) is 0.789. The molecule has 0 aromatic carbocycles. The number of carbonyl (C=O) groups is 2. The number of aromatic nitrogens is 1. The first kappa shape index (κ1) is 15.1. The van der Waals surface area contributed by atoms with Crippen LogP contribution in [0.15, 0.2) is 18.3 Å². The summed E-state index contributed by atoms with van der Waals surface area (Å²) in [5.74, 6) is -1.42. The molecule has 1 unspecified atom stereocenters. The molecule has 0 saturated carbocycles. The number of pyridine rings is 1. The Bertz CT molecular complexity index is 446. The van der Waals surface area contributed by atoms with Crippen molar-refractivity contribution in [2.24, 2.45) is 0 Å². The highest BCUT2D eigenvalue weighted by molar-refractivity contribution is 5.96. The lowest BCUT2D eigenvalue weighted by molar-refractivity contribution is -0.139. The highest BCUT2D eigenvalue weighted by Gasteiger charge is 2.21. The number of aryl methyl sites for hydroxylation is 1. The number of carboxylic acid groups (broad SMARTS) is 1. The molecule has 0 saturated heterocycles. The molecule has 1 heterocycles. The Morgan fingerprint density at radius 1 is 1.42 bits per heavy atom. The number of nitrogens with one attached hydrogen (secondary N) is 1. The summed E-state index contributed by atoms with van der Waals surface area (Å²) in [6.07, 6.45) is 4.31. The van der Waals surface area contributed by atoms with E-state index in [-0.39, 0.29) is 0 Å². The van der Waals surface area contributed by atoms with Crippen molar-refractivity contribution in [1.82, 2.24) is 10.3 Å². The normalized spacial score (nSPS) is 11.9. The summed E-state index contributed by atoms with van der Waals surface area (Å²) < 4.78 is 0. The zero-order valence-electron chi connectivity index (χ0n) is 11.3. The first-order chi connectivity index (χ1) is 9.10. The lowest BCUT2D eigenvalue weighted by Gasteiger charge is -2.14. The monoisotopic (exact) mass is 264 g/mol. The predicted octanol–water partition coefficient (Wildman–Crippen LogP) is 2.02. The number of aliphatic carboxylic acids is 1. The van der Waals surface area contributed by atoms with Crippen molar-refractivity contribution in [3.8, 4) is 0 Å². The minimum Gasteiger partial charge on any atom is -0.480 e. The molecule has 0 radical (unpaired) electrons. The summed E-state index contributed by atoms with van der Waals surface area (Å²) in [7, 11) is 0. The van der Waals surface area contributed by atoms with E-state index in [1.54, 1.807) is 6.07 Å². The van der Waals surface area contributed by atoms with E-state index in [0.717, 1.165) is 18.4 Å². The van der Waals surface area contributed by atoms with E-state index >= 15 is 0 Å². The third-order valence-corrected chi connectivity index (χ3v) is 2.94. The van der Waals surface area contributed by atoms with Crippen LogP contribution in [0.1, 0.15) is 49.2 Å². The number of carbonyl (C=O) groups excluding carboxylic acids is 1. The molecule has 0 bridgehead atoms. The number of unbranched alkanes of at least 4 members (excludes halogenated alkanes) is 1. The Kier molecular flexibility index (Phi) is 5.99. The van der Waals surface area contributed by atoms with Gasteiger partial charge in [0.1, 0.15) is 11.7 Å². The Morgan fingerprint density at radius 3 is 2.74 bits per heavy atom. The van der Waals surface area contributed by atoms with Crippen molar-refractivity contribution in [1.29, 1.82) is 0 Å². The van der Waals surface area contributed by atoms with Gasteiger partial charge in [-0.3, -0.25) is 9.78 Å². The van der Waals surface area contributed by atoms with E-state index < -0.39 is 17.9 Å². The van der Waals surface area contributed by atoms with Crippen LogP contribution in [0.3, 0.4) is 0 Å². The van der Waals surface area contributed by atoms with Gasteiger partial charge in [0.2, 0.25) is 0 Å². The molecular weight excluding hydrogens is 244 g/mol. The molecule has 1 aromatic rings. The molecule has 1 atom stereocenters. The van der Waals surface area contributed by atoms with Crippen molar-refractivity contribution in [2.75, 3.05) is 0 Å². The number of amides is 1. The van der Waals surface area contributed by atoms with E-state index in [4.69, 9.17) is 5.11 Å². The number of nitrogens with zero attached hydrogens (tertiary/aromatic N) is 1. The number of hydrogen-bond acceptors (Lipinski definition) is 3. The van der Waals surface area contributed by atoms with E-state index in [1.165, 1.54) is 6.20 Å². The summed E-state index contributed by atoms with van der Waals surface area (Å²) in [5, 5.41) is 11.6. The largest absolute Gasteiger partial charge is 0.480 e. The summed E-state index contributed by atoms with van der Waals surface area (Å²) >= 11 is 0. The van der Waals surface area contributed by atoms with Crippen LogP contribution < -0.4 is 5.32 Å². The van der Waals surface area contributed by atoms with Gasteiger partial charge < -0.3 is 10.4 Å². The maximum Gasteiger partial charge on any atom is 0.326 e. The van der Waals surface area contributed by atoms with Gasteiger partial charge in [-0.25, -0.2) is 4.79 Å². The van der Waals surface area contributed by atoms with Gasteiger partial charge in [0, 0.05) is 6.20 Å². The summed E-state index contributed by atoms with van der Waals surface area (Å²) in [4.78, 5) is 27.2. The molecule has 5 nitrogen and oxygen atoms in total. The second-order valence-corrected chi connectivity index (χ2v) is 4.37. The lowest BCUT2D eigenvalue weighted by Crippen LogP contribution is -2.41. The van der Waals surface area contributed by atoms with Crippen LogP contribution >= 0.6 is 0 Å². The Labute approximate surface area is 113 Å². The van der Waals surface area contributed by atoms with Gasteiger partial charge in [-0.1, -0.05) is 32.8 Å². The first-order valence-electron chi connectivity index (χ1n) is 6.57. The number of carboxylic acids is 1. The van der Waals surface area contributed by atoms with E-state index in [1.807, 2.05) is 19.9 Å². The fourth-order valence-corrected chi connectivity index (χ4v) is 1.82. The van der Waals surface area contributed by atoms with Gasteiger partial charge >= 0.3 is 5.97 Å². The van der Waals surface area contributed by atoms with E-state index in [2.05, 4.69) is 10.3 Å². The van der Waals surface area contributed by atoms with Gasteiger partial charge in [-0.05, 0) is 24.5 Å². The molecule has 1 amide bonds. The minimum absolute atomic E-state index is 0.313. The average molecular weight is 264 g/mol. The van der Waals surface area contributed by atoms with E-state index in [9.17, 15) is 9.59 Å². The fourth-order valence-electron chi connectivity index (χ4n) is 1.82. The molecule has 0 aliphatic heterocycles. The molecule has 19 heavy (non-hydrogen) atoms. The minimum atomic E-state index is -1.00. The van der Waals surface area contributed by atoms with Gasteiger partial charge in [-0.2, -0.15) is 0 Å². The first-order valence-corrected chi connectivity index (χ1v) is 6.57.